The third-order valence-corrected chi connectivity index (χ3v) is 2.33. The maximum Gasteiger partial charge on any atom is 0.412 e. The molecular weight excluding hydrogens is 272 g/mol. The summed E-state index contributed by atoms with van der Waals surface area (Å²) in [6.07, 6.45) is -0.482. The van der Waals surface area contributed by atoms with E-state index in [-0.39, 0.29) is 0 Å². The quantitative estimate of drug-likeness (QED) is 0.778. The van der Waals surface area contributed by atoms with Crippen molar-refractivity contribution in [1.29, 1.82) is 0 Å². The predicted octanol–water partition coefficient (Wildman–Crippen LogP) is 3.38. The molecule has 0 unspecified atom stereocenters. The van der Waals surface area contributed by atoms with Crippen LogP contribution in [0.3, 0.4) is 0 Å². The van der Waals surface area contributed by atoms with E-state index in [1.165, 1.54) is 0 Å². The zero-order chi connectivity index (χ0) is 12.3. The van der Waals surface area contributed by atoms with Crippen LogP contribution in [-0.2, 0) is 4.74 Å². The Bertz CT molecular complexity index is 399. The molecule has 0 aliphatic heterocycles. The summed E-state index contributed by atoms with van der Waals surface area (Å²) in [7, 11) is 0. The molecule has 3 N–H and O–H groups in total. The van der Waals surface area contributed by atoms with Crippen molar-refractivity contribution in [2.75, 3.05) is 11.1 Å². The Morgan fingerprint density at radius 1 is 1.44 bits per heavy atom. The molecule has 88 valence electrons. The van der Waals surface area contributed by atoms with Crippen molar-refractivity contribution in [2.45, 2.75) is 26.4 Å². The first-order valence-corrected chi connectivity index (χ1v) is 5.62. The van der Waals surface area contributed by atoms with Gasteiger partial charge < -0.3 is 10.5 Å². The van der Waals surface area contributed by atoms with Crippen LogP contribution >= 0.6 is 15.9 Å². The average molecular weight is 287 g/mol. The molecule has 0 saturated heterocycles. The molecule has 0 heterocycles. The predicted molar refractivity (Wildman–Crippen MR) is 68.4 cm³/mol. The Kier molecular flexibility index (Phi) is 3.80. The fourth-order valence-electron chi connectivity index (χ4n) is 1.03. The summed E-state index contributed by atoms with van der Waals surface area (Å²) in [6.45, 7) is 5.43. The van der Waals surface area contributed by atoms with E-state index in [1.807, 2.05) is 20.8 Å². The van der Waals surface area contributed by atoms with E-state index in [4.69, 9.17) is 10.5 Å². The summed E-state index contributed by atoms with van der Waals surface area (Å²) >= 11 is 3.28. The van der Waals surface area contributed by atoms with Crippen LogP contribution in [0.25, 0.3) is 0 Å². The second kappa shape index (κ2) is 4.74. The van der Waals surface area contributed by atoms with Crippen molar-refractivity contribution in [3.63, 3.8) is 0 Å². The Morgan fingerprint density at radius 3 is 2.56 bits per heavy atom. The monoisotopic (exact) mass is 286 g/mol. The largest absolute Gasteiger partial charge is 0.444 e. The van der Waals surface area contributed by atoms with Gasteiger partial charge in [0.2, 0.25) is 0 Å². The maximum atomic E-state index is 11.4. The van der Waals surface area contributed by atoms with Gasteiger partial charge in [0.15, 0.2) is 0 Å². The van der Waals surface area contributed by atoms with Crippen LogP contribution in [0, 0.1) is 0 Å². The number of hydrogen-bond donors (Lipinski definition) is 2. The summed E-state index contributed by atoms with van der Waals surface area (Å²) in [5.74, 6) is 0. The lowest BCUT2D eigenvalue weighted by Gasteiger charge is -2.19. The number of nitrogens with two attached hydrogens (primary N) is 1. The van der Waals surface area contributed by atoms with Crippen LogP contribution in [0.15, 0.2) is 22.7 Å². The summed E-state index contributed by atoms with van der Waals surface area (Å²) in [4.78, 5) is 11.4. The van der Waals surface area contributed by atoms with Gasteiger partial charge in [-0.1, -0.05) is 0 Å². The summed E-state index contributed by atoms with van der Waals surface area (Å²) < 4.78 is 5.85. The lowest BCUT2D eigenvalue weighted by molar-refractivity contribution is 0.0636. The molecule has 1 amide bonds. The number of carbonyl (C=O) groups excluding carboxylic acids is 1. The van der Waals surface area contributed by atoms with Crippen LogP contribution < -0.4 is 11.1 Å². The number of rotatable bonds is 1. The molecule has 0 saturated carbocycles. The third kappa shape index (κ3) is 4.10. The molecule has 0 bridgehead atoms. The number of halogens is 1. The fourth-order valence-corrected chi connectivity index (χ4v) is 1.41. The van der Waals surface area contributed by atoms with Gasteiger partial charge in [-0.25, -0.2) is 4.79 Å². The van der Waals surface area contributed by atoms with E-state index in [0.29, 0.717) is 11.4 Å². The number of nitrogens with one attached hydrogen (secondary N) is 1. The summed E-state index contributed by atoms with van der Waals surface area (Å²) in [5.41, 5.74) is 6.38. The summed E-state index contributed by atoms with van der Waals surface area (Å²) in [6, 6.07) is 5.14. The molecule has 0 spiro atoms. The van der Waals surface area contributed by atoms with Gasteiger partial charge in [0, 0.05) is 15.8 Å². The molecule has 1 aromatic carbocycles. The van der Waals surface area contributed by atoms with Crippen LogP contribution in [0.1, 0.15) is 20.8 Å². The first-order valence-electron chi connectivity index (χ1n) is 4.83. The summed E-state index contributed by atoms with van der Waals surface area (Å²) in [5, 5.41) is 2.62. The van der Waals surface area contributed by atoms with E-state index in [0.717, 1.165) is 4.47 Å². The number of carbonyl (C=O) groups is 1. The van der Waals surface area contributed by atoms with Gasteiger partial charge in [0.25, 0.3) is 0 Å². The van der Waals surface area contributed by atoms with Crippen molar-refractivity contribution >= 4 is 33.4 Å². The van der Waals surface area contributed by atoms with Crippen molar-refractivity contribution in [3.8, 4) is 0 Å². The minimum atomic E-state index is -0.505. The highest BCUT2D eigenvalue weighted by molar-refractivity contribution is 9.10. The molecule has 1 rings (SSSR count). The second-order valence-electron chi connectivity index (χ2n) is 4.36. The first kappa shape index (κ1) is 12.8. The Hall–Kier alpha value is -1.23. The third-order valence-electron chi connectivity index (χ3n) is 1.65. The van der Waals surface area contributed by atoms with Gasteiger partial charge in [-0.2, -0.15) is 0 Å². The van der Waals surface area contributed by atoms with Gasteiger partial charge in [-0.05, 0) is 54.9 Å². The normalized spacial score (nSPS) is 11.0. The number of nitrogen functional groups attached to an aromatic ring is 1. The second-order valence-corrected chi connectivity index (χ2v) is 5.22. The Morgan fingerprint density at radius 2 is 2.06 bits per heavy atom. The van der Waals surface area contributed by atoms with Crippen molar-refractivity contribution < 1.29 is 9.53 Å². The number of amides is 1. The number of anilines is 2. The lowest BCUT2D eigenvalue weighted by atomic mass is 10.2. The highest BCUT2D eigenvalue weighted by Gasteiger charge is 2.16. The van der Waals surface area contributed by atoms with Gasteiger partial charge in [-0.3, -0.25) is 5.32 Å². The molecule has 4 nitrogen and oxygen atoms in total. The van der Waals surface area contributed by atoms with E-state index >= 15 is 0 Å². The molecule has 5 heteroatoms. The molecule has 16 heavy (non-hydrogen) atoms. The topological polar surface area (TPSA) is 64.3 Å². The zero-order valence-corrected chi connectivity index (χ0v) is 11.1. The molecule has 0 aromatic heterocycles. The van der Waals surface area contributed by atoms with Gasteiger partial charge >= 0.3 is 6.09 Å². The highest BCUT2D eigenvalue weighted by atomic mass is 79.9. The van der Waals surface area contributed by atoms with E-state index in [9.17, 15) is 4.79 Å². The zero-order valence-electron chi connectivity index (χ0n) is 9.50. The van der Waals surface area contributed by atoms with Crippen molar-refractivity contribution in [3.05, 3.63) is 22.7 Å². The molecule has 0 aliphatic carbocycles. The number of ether oxygens (including phenoxy) is 1. The molecule has 0 radical (unpaired) electrons. The molecule has 0 fully saturated rings. The van der Waals surface area contributed by atoms with Crippen LogP contribution in [0.2, 0.25) is 0 Å². The average Bonchev–Trinajstić information content (AvgIpc) is 2.08. The molecule has 1 aromatic rings. The van der Waals surface area contributed by atoms with Gasteiger partial charge in [-0.15, -0.1) is 0 Å². The highest BCUT2D eigenvalue weighted by Crippen LogP contribution is 2.23. The minimum Gasteiger partial charge on any atom is -0.444 e. The van der Waals surface area contributed by atoms with Crippen molar-refractivity contribution in [2.24, 2.45) is 0 Å². The van der Waals surface area contributed by atoms with E-state index < -0.39 is 11.7 Å². The molecular formula is C11H15BrN2O2. The number of benzene rings is 1. The Labute approximate surface area is 103 Å². The molecule has 0 aliphatic rings. The van der Waals surface area contributed by atoms with E-state index in [2.05, 4.69) is 21.2 Å². The lowest BCUT2D eigenvalue weighted by Crippen LogP contribution is -2.27. The van der Waals surface area contributed by atoms with E-state index in [1.54, 1.807) is 18.2 Å². The van der Waals surface area contributed by atoms with Crippen molar-refractivity contribution in [1.82, 2.24) is 0 Å². The standard InChI is InChI=1S/C11H15BrN2O2/c1-11(2,3)16-10(15)14-7-4-5-9(13)8(12)6-7/h4-6H,13H2,1-3H3,(H,14,15). The smallest absolute Gasteiger partial charge is 0.412 e. The van der Waals surface area contributed by atoms with Crippen LogP contribution in [0.5, 0.6) is 0 Å². The first-order chi connectivity index (χ1) is 7.28. The maximum absolute atomic E-state index is 11.4. The Balaban J connectivity index is 2.67. The van der Waals surface area contributed by atoms with Crippen LogP contribution in [0.4, 0.5) is 16.2 Å². The minimum absolute atomic E-state index is 0.482. The van der Waals surface area contributed by atoms with Gasteiger partial charge in [0.1, 0.15) is 5.60 Å². The number of hydrogen-bond acceptors (Lipinski definition) is 3. The van der Waals surface area contributed by atoms with Gasteiger partial charge in [0.05, 0.1) is 0 Å². The SMILES string of the molecule is CC(C)(C)OC(=O)Nc1ccc(N)c(Br)c1. The van der Waals surface area contributed by atoms with Crippen LogP contribution in [-0.4, -0.2) is 11.7 Å². The molecule has 0 atom stereocenters. The fraction of sp³-hybridized carbons (Fsp3) is 0.364.